The predicted molar refractivity (Wildman–Crippen MR) is 156 cm³/mol. The summed E-state index contributed by atoms with van der Waals surface area (Å²) in [5.41, 5.74) is 1.94. The third-order valence-corrected chi connectivity index (χ3v) is 9.82. The summed E-state index contributed by atoms with van der Waals surface area (Å²) in [6, 6.07) is 16.2. The predicted octanol–water partition coefficient (Wildman–Crippen LogP) is 6.64. The van der Waals surface area contributed by atoms with E-state index in [9.17, 15) is 19.1 Å². The van der Waals surface area contributed by atoms with Crippen LogP contribution in [0.25, 0.3) is 0 Å². The molecule has 2 heterocycles. The summed E-state index contributed by atoms with van der Waals surface area (Å²) in [6.45, 7) is 4.85. The summed E-state index contributed by atoms with van der Waals surface area (Å²) in [5, 5.41) is 10.3. The molecular weight excluding hydrogens is 503 g/mol. The normalized spacial score (nSPS) is 24.2. The van der Waals surface area contributed by atoms with E-state index in [4.69, 9.17) is 0 Å². The van der Waals surface area contributed by atoms with Gasteiger partial charge in [0.15, 0.2) is 5.78 Å². The topological polar surface area (TPSA) is 60.9 Å². The fourth-order valence-corrected chi connectivity index (χ4v) is 7.62. The van der Waals surface area contributed by atoms with Crippen molar-refractivity contribution in [3.05, 3.63) is 71.5 Å². The number of aliphatic carboxylic acids is 1. The molecule has 2 saturated heterocycles. The summed E-state index contributed by atoms with van der Waals surface area (Å²) < 4.78 is 13.1. The molecule has 3 aliphatic rings. The van der Waals surface area contributed by atoms with E-state index in [-0.39, 0.29) is 23.6 Å². The Labute approximate surface area is 238 Å². The number of ketones is 1. The van der Waals surface area contributed by atoms with Crippen LogP contribution in [-0.4, -0.2) is 65.4 Å². The van der Waals surface area contributed by atoms with E-state index in [1.54, 1.807) is 12.1 Å². The lowest BCUT2D eigenvalue weighted by molar-refractivity contribution is -0.145. The second-order valence-corrected chi connectivity index (χ2v) is 12.5. The van der Waals surface area contributed by atoms with Crippen molar-refractivity contribution in [2.24, 2.45) is 17.8 Å². The third-order valence-electron chi connectivity index (χ3n) is 9.82. The minimum atomic E-state index is -0.641. The molecule has 0 unspecified atom stereocenters. The van der Waals surface area contributed by atoms with E-state index in [1.807, 2.05) is 0 Å². The Morgan fingerprint density at radius 3 is 2.27 bits per heavy atom. The van der Waals surface area contributed by atoms with Crippen molar-refractivity contribution < 1.29 is 19.1 Å². The fraction of sp³-hybridized carbons (Fsp3) is 0.588. The van der Waals surface area contributed by atoms with E-state index in [2.05, 4.69) is 40.1 Å². The molecule has 2 aromatic carbocycles. The molecule has 1 aliphatic carbocycles. The van der Waals surface area contributed by atoms with Gasteiger partial charge >= 0.3 is 5.97 Å². The van der Waals surface area contributed by atoms with Crippen molar-refractivity contribution in [1.82, 2.24) is 9.80 Å². The number of halogens is 1. The van der Waals surface area contributed by atoms with Gasteiger partial charge in [-0.05, 0) is 99.2 Å². The van der Waals surface area contributed by atoms with Crippen molar-refractivity contribution in [2.75, 3.05) is 32.7 Å². The lowest BCUT2D eigenvalue weighted by atomic mass is 9.83. The molecular formula is C34H45FN2O3. The van der Waals surface area contributed by atoms with Crippen LogP contribution in [0.1, 0.15) is 86.0 Å². The molecule has 5 rings (SSSR count). The number of benzene rings is 2. The molecule has 1 saturated carbocycles. The largest absolute Gasteiger partial charge is 0.480 e. The number of hydrogen-bond acceptors (Lipinski definition) is 4. The maximum Gasteiger partial charge on any atom is 0.321 e. The van der Waals surface area contributed by atoms with Gasteiger partial charge in [-0.15, -0.1) is 0 Å². The maximum atomic E-state index is 13.1. The Morgan fingerprint density at radius 2 is 1.60 bits per heavy atom. The van der Waals surface area contributed by atoms with E-state index >= 15 is 0 Å². The molecule has 40 heavy (non-hydrogen) atoms. The van der Waals surface area contributed by atoms with Gasteiger partial charge in [0.05, 0.1) is 0 Å². The molecule has 0 amide bonds. The maximum absolute atomic E-state index is 13.1. The second-order valence-electron chi connectivity index (χ2n) is 12.5. The van der Waals surface area contributed by atoms with Crippen LogP contribution >= 0.6 is 0 Å². The molecule has 5 nitrogen and oxygen atoms in total. The molecule has 0 radical (unpaired) electrons. The smallest absolute Gasteiger partial charge is 0.321 e. The molecule has 3 atom stereocenters. The third kappa shape index (κ3) is 7.38. The number of hydrogen-bond donors (Lipinski definition) is 1. The number of nitrogens with zero attached hydrogens (tertiary/aromatic N) is 2. The molecule has 0 aromatic heterocycles. The molecule has 2 aliphatic heterocycles. The van der Waals surface area contributed by atoms with Gasteiger partial charge in [0.1, 0.15) is 11.9 Å². The van der Waals surface area contributed by atoms with Crippen LogP contribution in [0.2, 0.25) is 0 Å². The van der Waals surface area contributed by atoms with E-state index in [1.165, 1.54) is 24.1 Å². The van der Waals surface area contributed by atoms with Crippen LogP contribution in [0.5, 0.6) is 0 Å². The van der Waals surface area contributed by atoms with Crippen LogP contribution in [0.15, 0.2) is 54.6 Å². The van der Waals surface area contributed by atoms with Crippen LogP contribution in [0.4, 0.5) is 4.39 Å². The number of carboxylic acid groups (broad SMARTS) is 1. The van der Waals surface area contributed by atoms with Crippen LogP contribution < -0.4 is 0 Å². The molecule has 3 fully saturated rings. The number of carbonyl (C=O) groups is 2. The van der Waals surface area contributed by atoms with Crippen molar-refractivity contribution in [3.8, 4) is 0 Å². The summed E-state index contributed by atoms with van der Waals surface area (Å²) in [5.74, 6) is 0.854. The van der Waals surface area contributed by atoms with E-state index in [0.717, 1.165) is 84.1 Å². The highest BCUT2D eigenvalue weighted by Crippen LogP contribution is 2.38. The highest BCUT2D eigenvalue weighted by Gasteiger charge is 2.43. The quantitative estimate of drug-likeness (QED) is 0.319. The average molecular weight is 549 g/mol. The Kier molecular flexibility index (Phi) is 10.0. The molecule has 0 spiro atoms. The number of carbonyl (C=O) groups excluding carboxylic acids is 1. The molecule has 2 aromatic rings. The first-order valence-electron chi connectivity index (χ1n) is 15.5. The minimum absolute atomic E-state index is 0.100. The van der Waals surface area contributed by atoms with Gasteiger partial charge in [-0.25, -0.2) is 4.39 Å². The van der Waals surface area contributed by atoms with Gasteiger partial charge in [0.25, 0.3) is 0 Å². The number of rotatable bonds is 11. The molecule has 6 heteroatoms. The zero-order valence-corrected chi connectivity index (χ0v) is 23.7. The van der Waals surface area contributed by atoms with Gasteiger partial charge in [-0.3, -0.25) is 14.5 Å². The highest BCUT2D eigenvalue weighted by molar-refractivity contribution is 5.95. The summed E-state index contributed by atoms with van der Waals surface area (Å²) in [4.78, 5) is 29.8. The van der Waals surface area contributed by atoms with Gasteiger partial charge in [0, 0.05) is 37.5 Å². The second kappa shape index (κ2) is 13.9. The van der Waals surface area contributed by atoms with Gasteiger partial charge in [-0.1, -0.05) is 49.6 Å². The lowest BCUT2D eigenvalue weighted by Gasteiger charge is -2.35. The molecule has 216 valence electrons. The van der Waals surface area contributed by atoms with Crippen LogP contribution in [-0.2, 0) is 4.79 Å². The number of piperidine rings is 1. The first-order chi connectivity index (χ1) is 19.5. The Bertz CT molecular complexity index is 1090. The van der Waals surface area contributed by atoms with E-state index < -0.39 is 5.97 Å². The monoisotopic (exact) mass is 548 g/mol. The first kappa shape index (κ1) is 28.9. The summed E-state index contributed by atoms with van der Waals surface area (Å²) in [6.07, 6.45) is 10.4. The van der Waals surface area contributed by atoms with Crippen LogP contribution in [0, 0.1) is 23.6 Å². The van der Waals surface area contributed by atoms with Gasteiger partial charge in [-0.2, -0.15) is 0 Å². The zero-order valence-electron chi connectivity index (χ0n) is 23.7. The van der Waals surface area contributed by atoms with E-state index in [0.29, 0.717) is 29.7 Å². The van der Waals surface area contributed by atoms with Crippen molar-refractivity contribution in [2.45, 2.75) is 76.2 Å². The average Bonchev–Trinajstić information content (AvgIpc) is 3.38. The van der Waals surface area contributed by atoms with Gasteiger partial charge in [0.2, 0.25) is 0 Å². The molecule has 0 bridgehead atoms. The Morgan fingerprint density at radius 1 is 0.900 bits per heavy atom. The van der Waals surface area contributed by atoms with Crippen molar-refractivity contribution in [3.63, 3.8) is 0 Å². The number of likely N-dealkylation sites (tertiary alicyclic amines) is 2. The number of Topliss-reactive ketones (excluding diaryl/α,β-unsaturated/α-hetero) is 1. The Hall–Kier alpha value is -2.57. The minimum Gasteiger partial charge on any atom is -0.480 e. The fourth-order valence-electron chi connectivity index (χ4n) is 7.62. The standard InChI is InChI=1S/C34H45FN2O3/c35-30-16-14-27(15-17-30)32(38)13-7-8-25-18-20-36(21-19-25)22-29-23-37(24-31(29)26-9-3-1-4-10-26)33(34(39)40)28-11-5-2-6-12-28/h1,3-4,9-10,14-17,25,28-29,31,33H,2,5-8,11-13,18-24H2,(H,39,40)/t29-,31+,33+/m0/s1. The van der Waals surface area contributed by atoms with Crippen molar-refractivity contribution in [1.29, 1.82) is 0 Å². The lowest BCUT2D eigenvalue weighted by Crippen LogP contribution is -2.46. The first-order valence-corrected chi connectivity index (χ1v) is 15.5. The van der Waals surface area contributed by atoms with Gasteiger partial charge < -0.3 is 10.0 Å². The Balaban J connectivity index is 1.14. The van der Waals surface area contributed by atoms with Crippen LogP contribution in [0.3, 0.4) is 0 Å². The van der Waals surface area contributed by atoms with Crippen molar-refractivity contribution >= 4 is 11.8 Å². The molecule has 1 N–H and O–H groups in total. The summed E-state index contributed by atoms with van der Waals surface area (Å²) in [7, 11) is 0. The highest BCUT2D eigenvalue weighted by atomic mass is 19.1. The SMILES string of the molecule is O=C(CCCC1CCN(C[C@H]2CN([C@@H](C(=O)O)C3CCCCC3)C[C@@H]2c2ccccc2)CC1)c1ccc(F)cc1. The zero-order chi connectivity index (χ0) is 27.9. The number of carboxylic acids is 1. The summed E-state index contributed by atoms with van der Waals surface area (Å²) >= 11 is 0.